The fourth-order valence-corrected chi connectivity index (χ4v) is 2.09. The molecule has 1 heterocycles. The van der Waals surface area contributed by atoms with Crippen LogP contribution in [-0.2, 0) is 9.84 Å². The van der Waals surface area contributed by atoms with Crippen molar-refractivity contribution < 1.29 is 12.8 Å². The van der Waals surface area contributed by atoms with Gasteiger partial charge in [-0.1, -0.05) is 12.1 Å². The predicted octanol–water partition coefficient (Wildman–Crippen LogP) is 1.84. The number of furan rings is 1. The smallest absolute Gasteiger partial charge is 0.179 e. The number of hydrogen-bond acceptors (Lipinski definition) is 3. The van der Waals surface area contributed by atoms with Crippen LogP contribution in [0.3, 0.4) is 0 Å². The lowest BCUT2D eigenvalue weighted by Gasteiger charge is -1.97. The fourth-order valence-electron chi connectivity index (χ4n) is 1.26. The minimum Gasteiger partial charge on any atom is -0.463 e. The van der Waals surface area contributed by atoms with Crippen LogP contribution in [0.25, 0.3) is 11.0 Å². The molecule has 0 spiro atoms. The minimum atomic E-state index is -3.19. The molecule has 0 radical (unpaired) electrons. The number of benzene rings is 1. The standard InChI is InChI=1S/C9H8O3S/c1-13(10,11)8-4-2-3-7-5-6-12-9(7)8/h2-6H,1H3. The Bertz CT molecular complexity index is 537. The van der Waals surface area contributed by atoms with Gasteiger partial charge in [-0.2, -0.15) is 0 Å². The molecule has 0 aliphatic rings. The molecular formula is C9H8O3S. The first-order chi connectivity index (χ1) is 6.09. The maximum atomic E-state index is 11.3. The Hall–Kier alpha value is -1.29. The van der Waals surface area contributed by atoms with Crippen LogP contribution in [0.5, 0.6) is 0 Å². The van der Waals surface area contributed by atoms with E-state index in [4.69, 9.17) is 4.42 Å². The predicted molar refractivity (Wildman–Crippen MR) is 49.3 cm³/mol. The highest BCUT2D eigenvalue weighted by Crippen LogP contribution is 2.23. The average molecular weight is 196 g/mol. The summed E-state index contributed by atoms with van der Waals surface area (Å²) in [5.41, 5.74) is 0.435. The summed E-state index contributed by atoms with van der Waals surface area (Å²) in [5, 5.41) is 0.808. The van der Waals surface area contributed by atoms with E-state index < -0.39 is 9.84 Å². The summed E-state index contributed by atoms with van der Waals surface area (Å²) in [6.07, 6.45) is 2.66. The number of hydrogen-bond donors (Lipinski definition) is 0. The Kier molecular flexibility index (Phi) is 1.66. The van der Waals surface area contributed by atoms with Crippen molar-refractivity contribution in [2.75, 3.05) is 6.26 Å². The molecule has 0 N–H and O–H groups in total. The highest BCUT2D eigenvalue weighted by atomic mass is 32.2. The van der Waals surface area contributed by atoms with Gasteiger partial charge < -0.3 is 4.42 Å². The molecule has 0 bridgehead atoms. The summed E-state index contributed by atoms with van der Waals surface area (Å²) >= 11 is 0. The molecule has 0 atom stereocenters. The number of para-hydroxylation sites is 1. The molecule has 1 aromatic carbocycles. The summed E-state index contributed by atoms with van der Waals surface area (Å²) < 4.78 is 27.7. The van der Waals surface area contributed by atoms with Crippen molar-refractivity contribution in [1.82, 2.24) is 0 Å². The average Bonchev–Trinajstić information content (AvgIpc) is 2.48. The van der Waals surface area contributed by atoms with Gasteiger partial charge in [0.05, 0.1) is 6.26 Å². The SMILES string of the molecule is CS(=O)(=O)c1cccc2ccoc12. The molecule has 0 fully saturated rings. The van der Waals surface area contributed by atoms with Gasteiger partial charge in [0.2, 0.25) is 0 Å². The highest BCUT2D eigenvalue weighted by molar-refractivity contribution is 7.91. The maximum Gasteiger partial charge on any atom is 0.179 e. The molecule has 68 valence electrons. The van der Waals surface area contributed by atoms with Crippen molar-refractivity contribution in [2.45, 2.75) is 4.90 Å². The van der Waals surface area contributed by atoms with Crippen LogP contribution >= 0.6 is 0 Å². The summed E-state index contributed by atoms with van der Waals surface area (Å²) in [6, 6.07) is 6.80. The van der Waals surface area contributed by atoms with Crippen LogP contribution < -0.4 is 0 Å². The topological polar surface area (TPSA) is 47.3 Å². The number of rotatable bonds is 1. The van der Waals surface area contributed by atoms with Crippen molar-refractivity contribution in [3.63, 3.8) is 0 Å². The molecule has 3 nitrogen and oxygen atoms in total. The van der Waals surface area contributed by atoms with E-state index >= 15 is 0 Å². The molecular weight excluding hydrogens is 188 g/mol. The first kappa shape index (κ1) is 8.31. The van der Waals surface area contributed by atoms with Gasteiger partial charge in [-0.05, 0) is 12.1 Å². The number of fused-ring (bicyclic) bond motifs is 1. The molecule has 0 saturated carbocycles. The summed E-state index contributed by atoms with van der Waals surface area (Å²) in [4.78, 5) is 0.245. The van der Waals surface area contributed by atoms with E-state index in [1.54, 1.807) is 18.2 Å². The van der Waals surface area contributed by atoms with Gasteiger partial charge in [0.15, 0.2) is 15.4 Å². The van der Waals surface area contributed by atoms with E-state index in [-0.39, 0.29) is 4.90 Å². The quantitative estimate of drug-likeness (QED) is 0.699. The van der Waals surface area contributed by atoms with E-state index in [9.17, 15) is 8.42 Å². The van der Waals surface area contributed by atoms with Crippen LogP contribution in [0.1, 0.15) is 0 Å². The summed E-state index contributed by atoms with van der Waals surface area (Å²) in [6.45, 7) is 0. The lowest BCUT2D eigenvalue weighted by atomic mass is 10.3. The van der Waals surface area contributed by atoms with E-state index in [1.807, 2.05) is 6.07 Å². The van der Waals surface area contributed by atoms with Crippen molar-refractivity contribution in [2.24, 2.45) is 0 Å². The molecule has 0 unspecified atom stereocenters. The third kappa shape index (κ3) is 1.33. The van der Waals surface area contributed by atoms with Gasteiger partial charge in [0.1, 0.15) is 4.90 Å². The summed E-state index contributed by atoms with van der Waals surface area (Å²) in [5.74, 6) is 0. The van der Waals surface area contributed by atoms with Crippen LogP contribution in [0, 0.1) is 0 Å². The lowest BCUT2D eigenvalue weighted by molar-refractivity contribution is 0.588. The van der Waals surface area contributed by atoms with Crippen LogP contribution in [-0.4, -0.2) is 14.7 Å². The van der Waals surface area contributed by atoms with Crippen LogP contribution in [0.15, 0.2) is 39.8 Å². The Morgan fingerprint density at radius 1 is 1.23 bits per heavy atom. The Balaban J connectivity index is 2.91. The second-order valence-electron chi connectivity index (χ2n) is 2.87. The van der Waals surface area contributed by atoms with E-state index in [0.717, 1.165) is 5.39 Å². The molecule has 1 aromatic heterocycles. The second kappa shape index (κ2) is 2.60. The normalized spacial score (nSPS) is 12.1. The molecule has 13 heavy (non-hydrogen) atoms. The zero-order valence-corrected chi connectivity index (χ0v) is 7.84. The molecule has 2 rings (SSSR count). The van der Waals surface area contributed by atoms with Crippen molar-refractivity contribution in [1.29, 1.82) is 0 Å². The van der Waals surface area contributed by atoms with Gasteiger partial charge in [0, 0.05) is 11.6 Å². The van der Waals surface area contributed by atoms with Gasteiger partial charge in [-0.15, -0.1) is 0 Å². The van der Waals surface area contributed by atoms with Gasteiger partial charge >= 0.3 is 0 Å². The van der Waals surface area contributed by atoms with Crippen LogP contribution in [0.2, 0.25) is 0 Å². The van der Waals surface area contributed by atoms with E-state index in [1.165, 1.54) is 12.5 Å². The zero-order chi connectivity index (χ0) is 9.47. The van der Waals surface area contributed by atoms with Gasteiger partial charge in [-0.25, -0.2) is 8.42 Å². The Morgan fingerprint density at radius 3 is 2.69 bits per heavy atom. The Labute approximate surface area is 75.9 Å². The minimum absolute atomic E-state index is 0.245. The number of sulfone groups is 1. The highest BCUT2D eigenvalue weighted by Gasteiger charge is 2.13. The first-order valence-corrected chi connectivity index (χ1v) is 5.64. The second-order valence-corrected chi connectivity index (χ2v) is 4.85. The van der Waals surface area contributed by atoms with Crippen LogP contribution in [0.4, 0.5) is 0 Å². The maximum absolute atomic E-state index is 11.3. The molecule has 0 aliphatic heterocycles. The lowest BCUT2D eigenvalue weighted by Crippen LogP contribution is -1.96. The largest absolute Gasteiger partial charge is 0.463 e. The summed E-state index contributed by atoms with van der Waals surface area (Å²) in [7, 11) is -3.19. The van der Waals surface area contributed by atoms with Gasteiger partial charge in [-0.3, -0.25) is 0 Å². The van der Waals surface area contributed by atoms with Crippen molar-refractivity contribution in [3.8, 4) is 0 Å². The van der Waals surface area contributed by atoms with Gasteiger partial charge in [0.25, 0.3) is 0 Å². The third-order valence-corrected chi connectivity index (χ3v) is 2.96. The van der Waals surface area contributed by atoms with Crippen molar-refractivity contribution >= 4 is 20.8 Å². The third-order valence-electron chi connectivity index (χ3n) is 1.84. The molecule has 2 aromatic rings. The molecule has 0 aliphatic carbocycles. The monoisotopic (exact) mass is 196 g/mol. The van der Waals surface area contributed by atoms with Crippen molar-refractivity contribution in [3.05, 3.63) is 30.5 Å². The van der Waals surface area contributed by atoms with E-state index in [2.05, 4.69) is 0 Å². The first-order valence-electron chi connectivity index (χ1n) is 3.75. The molecule has 0 saturated heterocycles. The fraction of sp³-hybridized carbons (Fsp3) is 0.111. The molecule has 4 heteroatoms. The zero-order valence-electron chi connectivity index (χ0n) is 7.02. The molecule has 0 amide bonds. The Morgan fingerprint density at radius 2 is 2.00 bits per heavy atom. The van der Waals surface area contributed by atoms with E-state index in [0.29, 0.717) is 5.58 Å².